The molecule has 1 aliphatic rings. The molecule has 0 spiro atoms. The molecular formula is C63H42N4S. The van der Waals surface area contributed by atoms with Crippen LogP contribution in [0.15, 0.2) is 219 Å². The van der Waals surface area contributed by atoms with Crippen LogP contribution < -0.4 is 4.90 Å². The summed E-state index contributed by atoms with van der Waals surface area (Å²) >= 11 is 1.86. The van der Waals surface area contributed by atoms with Crippen LogP contribution >= 0.6 is 11.3 Å². The molecule has 0 amide bonds. The zero-order chi connectivity index (χ0) is 45.1. The van der Waals surface area contributed by atoms with E-state index in [0.717, 1.165) is 50.1 Å². The Balaban J connectivity index is 0.939. The number of benzene rings is 10. The van der Waals surface area contributed by atoms with Gasteiger partial charge in [0.05, 0.1) is 26.9 Å². The first-order valence-corrected chi connectivity index (χ1v) is 24.1. The Morgan fingerprint density at radius 3 is 2.00 bits per heavy atom. The molecule has 10 aromatic carbocycles. The van der Waals surface area contributed by atoms with Gasteiger partial charge in [0.2, 0.25) is 5.95 Å². The van der Waals surface area contributed by atoms with Crippen LogP contribution in [0.5, 0.6) is 0 Å². The summed E-state index contributed by atoms with van der Waals surface area (Å²) in [5.74, 6) is 0.662. The average molecular weight is 887 g/mol. The molecule has 68 heavy (non-hydrogen) atoms. The fraction of sp³-hybridized carbons (Fsp3) is 0.0476. The highest BCUT2D eigenvalue weighted by Gasteiger charge is 2.37. The summed E-state index contributed by atoms with van der Waals surface area (Å²) in [5, 5.41) is 8.51. The SMILES string of the molecule is CC1(C)c2ccccc2-c2c(N(c3ccc(-c4ccccc4)cc3)c3cccc(-c4ccc5cnc(-n6c7ccccc7c7c8ccccc8c8c9ccccc9sc8c76)nc5c4)c3)cccc21. The van der Waals surface area contributed by atoms with Crippen LogP contribution in [-0.4, -0.2) is 14.5 Å². The van der Waals surface area contributed by atoms with Gasteiger partial charge in [-0.1, -0.05) is 178 Å². The molecule has 0 saturated heterocycles. The largest absolute Gasteiger partial charge is 0.310 e. The number of para-hydroxylation sites is 1. The molecule has 1 aliphatic carbocycles. The molecule has 0 fully saturated rings. The average Bonchev–Trinajstić information content (AvgIpc) is 4.03. The van der Waals surface area contributed by atoms with Crippen LogP contribution in [0.3, 0.4) is 0 Å². The number of aromatic nitrogens is 3. The van der Waals surface area contributed by atoms with Crippen LogP contribution in [0, 0.1) is 0 Å². The van der Waals surface area contributed by atoms with Crippen molar-refractivity contribution in [2.24, 2.45) is 0 Å². The first kappa shape index (κ1) is 38.8. The van der Waals surface area contributed by atoms with Gasteiger partial charge in [-0.25, -0.2) is 9.97 Å². The Hall–Kier alpha value is -8.38. The van der Waals surface area contributed by atoms with E-state index in [1.54, 1.807) is 0 Å². The Labute approximate surface area is 397 Å². The summed E-state index contributed by atoms with van der Waals surface area (Å²) in [6.45, 7) is 4.70. The molecule has 3 aromatic heterocycles. The number of hydrogen-bond acceptors (Lipinski definition) is 4. The minimum atomic E-state index is -0.130. The molecule has 320 valence electrons. The van der Waals surface area contributed by atoms with Crippen molar-refractivity contribution in [1.82, 2.24) is 14.5 Å². The first-order chi connectivity index (χ1) is 33.5. The maximum absolute atomic E-state index is 5.45. The maximum Gasteiger partial charge on any atom is 0.235 e. The molecular weight excluding hydrogens is 845 g/mol. The van der Waals surface area contributed by atoms with Crippen molar-refractivity contribution < 1.29 is 0 Å². The molecule has 0 radical (unpaired) electrons. The lowest BCUT2D eigenvalue weighted by Crippen LogP contribution is -2.16. The molecule has 0 saturated carbocycles. The Morgan fingerprint density at radius 1 is 0.500 bits per heavy atom. The highest BCUT2D eigenvalue weighted by atomic mass is 32.1. The van der Waals surface area contributed by atoms with Gasteiger partial charge in [0, 0.05) is 60.2 Å². The minimum Gasteiger partial charge on any atom is -0.310 e. The van der Waals surface area contributed by atoms with Gasteiger partial charge >= 0.3 is 0 Å². The molecule has 5 heteroatoms. The predicted molar refractivity (Wildman–Crippen MR) is 287 cm³/mol. The fourth-order valence-corrected chi connectivity index (χ4v) is 12.5. The molecule has 14 rings (SSSR count). The van der Waals surface area contributed by atoms with E-state index >= 15 is 0 Å². The van der Waals surface area contributed by atoms with Crippen molar-refractivity contribution in [2.75, 3.05) is 4.90 Å². The third kappa shape index (κ3) is 5.73. The van der Waals surface area contributed by atoms with Gasteiger partial charge in [-0.05, 0) is 98.2 Å². The van der Waals surface area contributed by atoms with Gasteiger partial charge in [0.1, 0.15) is 0 Å². The monoisotopic (exact) mass is 886 g/mol. The van der Waals surface area contributed by atoms with Crippen molar-refractivity contribution in [3.05, 3.63) is 230 Å². The highest BCUT2D eigenvalue weighted by molar-refractivity contribution is 7.27. The summed E-state index contributed by atoms with van der Waals surface area (Å²) in [4.78, 5) is 13.0. The summed E-state index contributed by atoms with van der Waals surface area (Å²) in [6, 6.07) is 77.3. The van der Waals surface area contributed by atoms with Crippen molar-refractivity contribution in [2.45, 2.75) is 19.3 Å². The van der Waals surface area contributed by atoms with Crippen molar-refractivity contribution in [3.8, 4) is 39.3 Å². The van der Waals surface area contributed by atoms with E-state index in [1.807, 2.05) is 17.5 Å². The van der Waals surface area contributed by atoms with E-state index < -0.39 is 0 Å². The molecule has 0 bridgehead atoms. The van der Waals surface area contributed by atoms with Gasteiger partial charge < -0.3 is 4.90 Å². The lowest BCUT2D eigenvalue weighted by molar-refractivity contribution is 0.660. The Morgan fingerprint density at radius 2 is 1.15 bits per heavy atom. The molecule has 0 N–H and O–H groups in total. The zero-order valence-corrected chi connectivity index (χ0v) is 38.3. The van der Waals surface area contributed by atoms with E-state index in [1.165, 1.54) is 75.1 Å². The van der Waals surface area contributed by atoms with Crippen LogP contribution in [-0.2, 0) is 5.41 Å². The van der Waals surface area contributed by atoms with Crippen molar-refractivity contribution in [3.63, 3.8) is 0 Å². The topological polar surface area (TPSA) is 34.0 Å². The fourth-order valence-electron chi connectivity index (χ4n) is 11.2. The molecule has 13 aromatic rings. The predicted octanol–water partition coefficient (Wildman–Crippen LogP) is 17.4. The number of hydrogen-bond donors (Lipinski definition) is 0. The van der Waals surface area contributed by atoms with E-state index in [9.17, 15) is 0 Å². The number of fused-ring (bicyclic) bond motifs is 14. The van der Waals surface area contributed by atoms with Crippen LogP contribution in [0.4, 0.5) is 17.1 Å². The smallest absolute Gasteiger partial charge is 0.235 e. The van der Waals surface area contributed by atoms with E-state index in [2.05, 4.69) is 236 Å². The van der Waals surface area contributed by atoms with Crippen molar-refractivity contribution >= 4 is 92.1 Å². The molecule has 0 atom stereocenters. The van der Waals surface area contributed by atoms with E-state index in [0.29, 0.717) is 5.95 Å². The second-order valence-corrected chi connectivity index (χ2v) is 19.6. The first-order valence-electron chi connectivity index (χ1n) is 23.3. The third-order valence-electron chi connectivity index (χ3n) is 14.4. The Bertz CT molecular complexity index is 4180. The number of nitrogens with zero attached hydrogens (tertiary/aromatic N) is 4. The summed E-state index contributed by atoms with van der Waals surface area (Å²) < 4.78 is 4.83. The molecule has 0 aliphatic heterocycles. The normalized spacial score (nSPS) is 13.0. The summed E-state index contributed by atoms with van der Waals surface area (Å²) in [5.41, 5.74) is 16.2. The van der Waals surface area contributed by atoms with Gasteiger partial charge in [0.15, 0.2) is 0 Å². The van der Waals surface area contributed by atoms with E-state index in [4.69, 9.17) is 9.97 Å². The number of anilines is 3. The van der Waals surface area contributed by atoms with Crippen LogP contribution in [0.25, 0.3) is 103 Å². The highest BCUT2D eigenvalue weighted by Crippen LogP contribution is 2.54. The summed E-state index contributed by atoms with van der Waals surface area (Å²) in [7, 11) is 0. The van der Waals surface area contributed by atoms with Gasteiger partial charge in [-0.3, -0.25) is 4.57 Å². The molecule has 0 unspecified atom stereocenters. The molecule has 4 nitrogen and oxygen atoms in total. The second-order valence-electron chi connectivity index (χ2n) is 18.5. The third-order valence-corrected chi connectivity index (χ3v) is 15.6. The van der Waals surface area contributed by atoms with E-state index in [-0.39, 0.29) is 5.41 Å². The van der Waals surface area contributed by atoms with Crippen LogP contribution in [0.2, 0.25) is 0 Å². The zero-order valence-electron chi connectivity index (χ0n) is 37.5. The van der Waals surface area contributed by atoms with Crippen molar-refractivity contribution in [1.29, 1.82) is 0 Å². The summed E-state index contributed by atoms with van der Waals surface area (Å²) in [6.07, 6.45) is 1.98. The standard InChI is InChI=1S/C63H42N4S/c1-63(2)51-25-11-8-22-48(51)59-52(63)26-15-28-55(59)66(44-34-32-40(33-35-44)39-16-4-3-5-17-39)45-19-14-18-41(36-45)42-30-31-43-38-64-62(65-53(43)37-42)67-54-27-12-9-23-49(54)57-46-20-6-7-21-47(46)58-50-24-10-13-29-56(50)68-61(58)60(57)67/h3-38H,1-2H3. The van der Waals surface area contributed by atoms with Gasteiger partial charge in [-0.15, -0.1) is 11.3 Å². The number of rotatable bonds is 6. The Kier molecular flexibility index (Phi) is 8.46. The lowest BCUT2D eigenvalue weighted by atomic mass is 9.82. The lowest BCUT2D eigenvalue weighted by Gasteiger charge is -2.29. The molecule has 3 heterocycles. The van der Waals surface area contributed by atoms with Gasteiger partial charge in [-0.2, -0.15) is 0 Å². The second kappa shape index (κ2) is 14.8. The minimum absolute atomic E-state index is 0.130. The van der Waals surface area contributed by atoms with Gasteiger partial charge in [0.25, 0.3) is 0 Å². The maximum atomic E-state index is 5.45. The van der Waals surface area contributed by atoms with Crippen LogP contribution in [0.1, 0.15) is 25.0 Å². The quantitative estimate of drug-likeness (QED) is 0.167. The number of thiophene rings is 1.